The summed E-state index contributed by atoms with van der Waals surface area (Å²) in [5.41, 5.74) is 1.55. The average Bonchev–Trinajstić information content (AvgIpc) is 3.17. The summed E-state index contributed by atoms with van der Waals surface area (Å²) in [6, 6.07) is 10.00. The third kappa shape index (κ3) is 5.21. The van der Waals surface area contributed by atoms with E-state index in [1.54, 1.807) is 43.3 Å². The van der Waals surface area contributed by atoms with E-state index in [0.29, 0.717) is 32.8 Å². The molecular weight excluding hydrogens is 479 g/mol. The molecule has 2 heterocycles. The Morgan fingerprint density at radius 2 is 2.10 bits per heavy atom. The Kier molecular flexibility index (Phi) is 6.64. The molecule has 1 N–H and O–H groups in total. The van der Waals surface area contributed by atoms with Crippen LogP contribution in [0.25, 0.3) is 11.9 Å². The van der Waals surface area contributed by atoms with E-state index < -0.39 is 6.04 Å². The molecule has 0 saturated carbocycles. The van der Waals surface area contributed by atoms with Crippen molar-refractivity contribution < 1.29 is 4.79 Å². The molecule has 0 fully saturated rings. The fourth-order valence-corrected chi connectivity index (χ4v) is 3.36. The van der Waals surface area contributed by atoms with Crippen LogP contribution >= 0.6 is 39.1 Å². The molecule has 1 atom stereocenters. The third-order valence-electron chi connectivity index (χ3n) is 3.86. The molecular formula is C19H13BrCl2N6O. The second kappa shape index (κ2) is 9.18. The quantitative estimate of drug-likeness (QED) is 0.564. The van der Waals surface area contributed by atoms with E-state index in [9.17, 15) is 4.79 Å². The number of aromatic nitrogens is 4. The fraction of sp³-hybridized carbons (Fsp3) is 0.105. The molecule has 3 rings (SSSR count). The summed E-state index contributed by atoms with van der Waals surface area (Å²) >= 11 is 14.8. The van der Waals surface area contributed by atoms with E-state index >= 15 is 0 Å². The highest BCUT2D eigenvalue weighted by Crippen LogP contribution is 2.21. The molecule has 1 aromatic carbocycles. The summed E-state index contributed by atoms with van der Waals surface area (Å²) in [7, 11) is 0. The van der Waals surface area contributed by atoms with Crippen LogP contribution in [0, 0.1) is 11.3 Å². The molecule has 10 heteroatoms. The van der Waals surface area contributed by atoms with E-state index in [1.807, 2.05) is 6.07 Å². The first-order valence-corrected chi connectivity index (χ1v) is 9.83. The van der Waals surface area contributed by atoms with Crippen molar-refractivity contribution in [2.75, 3.05) is 0 Å². The number of pyridine rings is 1. The molecule has 0 unspecified atom stereocenters. The summed E-state index contributed by atoms with van der Waals surface area (Å²) in [5, 5.41) is 16.0. The molecule has 0 saturated heterocycles. The number of hydrogen-bond acceptors (Lipinski definition) is 5. The van der Waals surface area contributed by atoms with Crippen molar-refractivity contribution in [3.8, 4) is 11.9 Å². The number of hydrogen-bond donors (Lipinski definition) is 1. The van der Waals surface area contributed by atoms with Crippen molar-refractivity contribution in [1.82, 2.24) is 25.1 Å². The Morgan fingerprint density at radius 1 is 1.31 bits per heavy atom. The van der Waals surface area contributed by atoms with Crippen LogP contribution in [-0.4, -0.2) is 25.7 Å². The highest BCUT2D eigenvalue weighted by molar-refractivity contribution is 9.10. The van der Waals surface area contributed by atoms with Crippen molar-refractivity contribution in [2.45, 2.75) is 13.0 Å². The number of rotatable bonds is 5. The lowest BCUT2D eigenvalue weighted by molar-refractivity contribution is 0.0937. The van der Waals surface area contributed by atoms with Crippen molar-refractivity contribution in [3.05, 3.63) is 74.3 Å². The zero-order valence-corrected chi connectivity index (χ0v) is 18.1. The van der Waals surface area contributed by atoms with Crippen LogP contribution in [-0.2, 0) is 0 Å². The predicted octanol–water partition coefficient (Wildman–Crippen LogP) is 4.56. The van der Waals surface area contributed by atoms with Gasteiger partial charge in [-0.15, -0.1) is 0 Å². The number of carbonyl (C=O) groups is 1. The Morgan fingerprint density at radius 3 is 2.76 bits per heavy atom. The lowest BCUT2D eigenvalue weighted by Crippen LogP contribution is -2.29. The highest BCUT2D eigenvalue weighted by atomic mass is 79.9. The smallest absolute Gasteiger partial charge is 0.251 e. The number of amides is 1. The average molecular weight is 492 g/mol. The number of carbonyl (C=O) groups excluding carboxylic acids is 1. The molecule has 1 amide bonds. The summed E-state index contributed by atoms with van der Waals surface area (Å²) in [5.74, 6) is 0.681. The zero-order chi connectivity index (χ0) is 21.0. The van der Waals surface area contributed by atoms with Gasteiger partial charge in [0.05, 0.1) is 11.6 Å². The molecule has 0 aliphatic heterocycles. The first kappa shape index (κ1) is 21.0. The number of benzene rings is 1. The van der Waals surface area contributed by atoms with Gasteiger partial charge in [-0.2, -0.15) is 15.0 Å². The predicted molar refractivity (Wildman–Crippen MR) is 114 cm³/mol. The van der Waals surface area contributed by atoms with Gasteiger partial charge >= 0.3 is 0 Å². The largest absolute Gasteiger partial charge is 0.342 e. The monoisotopic (exact) mass is 490 g/mol. The summed E-state index contributed by atoms with van der Waals surface area (Å²) < 4.78 is 2.31. The summed E-state index contributed by atoms with van der Waals surface area (Å²) in [4.78, 5) is 21.2. The molecule has 3 aromatic rings. The molecule has 0 radical (unpaired) electrons. The Labute approximate surface area is 185 Å². The fourth-order valence-electron chi connectivity index (χ4n) is 2.60. The van der Waals surface area contributed by atoms with Crippen LogP contribution < -0.4 is 5.32 Å². The van der Waals surface area contributed by atoms with E-state index in [4.69, 9.17) is 28.5 Å². The van der Waals surface area contributed by atoms with Crippen LogP contribution in [0.5, 0.6) is 0 Å². The summed E-state index contributed by atoms with van der Waals surface area (Å²) in [6.07, 6.45) is 4.37. The minimum atomic E-state index is -0.461. The topological polar surface area (TPSA) is 96.5 Å². The van der Waals surface area contributed by atoms with Gasteiger partial charge < -0.3 is 5.32 Å². The molecule has 0 aliphatic carbocycles. The van der Waals surface area contributed by atoms with Crippen molar-refractivity contribution in [3.63, 3.8) is 0 Å². The first-order chi connectivity index (χ1) is 13.9. The van der Waals surface area contributed by atoms with Gasteiger partial charge in [0.1, 0.15) is 16.9 Å². The Hall–Kier alpha value is -2.73. The van der Waals surface area contributed by atoms with Gasteiger partial charge in [-0.25, -0.2) is 9.97 Å². The van der Waals surface area contributed by atoms with Gasteiger partial charge in [-0.05, 0) is 48.9 Å². The number of nitriles is 1. The van der Waals surface area contributed by atoms with Gasteiger partial charge in [0.2, 0.25) is 0 Å². The third-order valence-corrected chi connectivity index (χ3v) is 4.54. The number of nitrogens with one attached hydrogen (secondary N) is 1. The van der Waals surface area contributed by atoms with E-state index in [2.05, 4.69) is 36.3 Å². The zero-order valence-electron chi connectivity index (χ0n) is 15.0. The van der Waals surface area contributed by atoms with Crippen LogP contribution in [0.1, 0.15) is 40.3 Å². The van der Waals surface area contributed by atoms with E-state index in [0.717, 1.165) is 0 Å². The van der Waals surface area contributed by atoms with Crippen LogP contribution in [0.2, 0.25) is 0 Å². The molecule has 146 valence electrons. The van der Waals surface area contributed by atoms with Gasteiger partial charge in [0, 0.05) is 16.2 Å². The molecule has 29 heavy (non-hydrogen) atoms. The minimum absolute atomic E-state index is 0.0887. The number of nitrogens with zero attached hydrogens (tertiary/aromatic N) is 5. The van der Waals surface area contributed by atoms with Crippen LogP contribution in [0.4, 0.5) is 0 Å². The molecule has 7 nitrogen and oxygen atoms in total. The highest BCUT2D eigenvalue weighted by Gasteiger charge is 2.18. The maximum absolute atomic E-state index is 12.7. The van der Waals surface area contributed by atoms with Crippen molar-refractivity contribution >= 4 is 51.1 Å². The Bertz CT molecular complexity index is 1120. The van der Waals surface area contributed by atoms with E-state index in [1.165, 1.54) is 17.2 Å². The van der Waals surface area contributed by atoms with Gasteiger partial charge in [-0.1, -0.05) is 39.1 Å². The second-order valence-electron chi connectivity index (χ2n) is 5.95. The molecule has 2 aromatic heterocycles. The van der Waals surface area contributed by atoms with Gasteiger partial charge in [-0.3, -0.25) is 4.79 Å². The summed E-state index contributed by atoms with van der Waals surface area (Å²) in [6.45, 7) is 1.79. The lowest BCUT2D eigenvalue weighted by Gasteiger charge is -2.15. The Balaban J connectivity index is 1.83. The minimum Gasteiger partial charge on any atom is -0.342 e. The molecule has 0 bridgehead atoms. The maximum atomic E-state index is 12.7. The molecule has 0 aliphatic rings. The van der Waals surface area contributed by atoms with Crippen LogP contribution in [0.3, 0.4) is 0 Å². The van der Waals surface area contributed by atoms with Crippen molar-refractivity contribution in [2.24, 2.45) is 0 Å². The maximum Gasteiger partial charge on any atom is 0.251 e. The SMILES string of the molecule is C[C@H](NC(=O)c1cc(Br)cc(C=C(Cl)Cl)c1)c1ncnn1-c1ccc(C#N)cn1. The standard InChI is InChI=1S/C19H13BrCl2N6O/c1-11(18-25-10-26-28(18)17-3-2-12(8-23)9-24-17)27-19(29)14-4-13(6-16(21)22)5-15(20)7-14/h2-7,9-11H,1H3,(H,27,29)/t11-/m0/s1. The van der Waals surface area contributed by atoms with Crippen LogP contribution in [0.15, 0.2) is 51.8 Å². The van der Waals surface area contributed by atoms with Gasteiger partial charge in [0.25, 0.3) is 5.91 Å². The second-order valence-corrected chi connectivity index (χ2v) is 7.87. The number of halogens is 3. The van der Waals surface area contributed by atoms with E-state index in [-0.39, 0.29) is 10.4 Å². The molecule has 0 spiro atoms. The normalized spacial score (nSPS) is 11.4. The lowest BCUT2D eigenvalue weighted by atomic mass is 10.1. The first-order valence-electron chi connectivity index (χ1n) is 8.28. The van der Waals surface area contributed by atoms with Gasteiger partial charge in [0.15, 0.2) is 11.6 Å². The van der Waals surface area contributed by atoms with Crippen molar-refractivity contribution in [1.29, 1.82) is 5.26 Å².